The zero-order valence-electron chi connectivity index (χ0n) is 37.8. The van der Waals surface area contributed by atoms with Crippen LogP contribution in [-0.4, -0.2) is 75.4 Å². The molecule has 63 heavy (non-hydrogen) atoms. The van der Waals surface area contributed by atoms with E-state index in [9.17, 15) is 0 Å². The van der Waals surface area contributed by atoms with Crippen molar-refractivity contribution in [1.82, 2.24) is 41.2 Å². The fraction of sp³-hybridized carbons (Fsp3) is 0.556. The molecular weight excluding hydrogens is 777 g/mol. The van der Waals surface area contributed by atoms with Gasteiger partial charge in [0.1, 0.15) is 5.75 Å². The second-order valence-electron chi connectivity index (χ2n) is 19.3. The molecular formula is C54H72N8O. The molecule has 4 aromatic rings. The third-order valence-corrected chi connectivity index (χ3v) is 15.3. The van der Waals surface area contributed by atoms with E-state index in [1.165, 1.54) is 86.5 Å². The highest BCUT2D eigenvalue weighted by atomic mass is 16.5. The van der Waals surface area contributed by atoms with Crippen LogP contribution >= 0.6 is 0 Å². The standard InChI is InChI=1S/C54H72N8O/c1-3-4-5-6-7-8-9-10-11-12-13-20-41-50(63-2)32-40(36-58-41)54-48-27-25-46(61-48)52(38-18-15-30-56-34-38)44-23-21-42(59-44)51(37-17-14-29-55-33-37)43-22-24-45(60-43)53(39-19-16-31-57-35-39)47-26-28-49(54)62-47/h14-19,21,23,26,28-36,42-49,51-54,59-62H,3-13,20,22,24-25,27H2,1-2H3. The summed E-state index contributed by atoms with van der Waals surface area (Å²) in [6, 6.07) is 17.1. The van der Waals surface area contributed by atoms with Crippen LogP contribution < -0.4 is 26.0 Å². The maximum atomic E-state index is 6.17. The molecule has 5 aliphatic heterocycles. The monoisotopic (exact) mass is 849 g/mol. The number of aromatic nitrogens is 4. The lowest BCUT2D eigenvalue weighted by Gasteiger charge is -2.37. The summed E-state index contributed by atoms with van der Waals surface area (Å²) in [5.41, 5.74) is 6.17. The number of unbranched alkanes of at least 4 members (excludes halogenated alkanes) is 10. The number of rotatable bonds is 17. The lowest BCUT2D eigenvalue weighted by Crippen LogP contribution is -2.52. The van der Waals surface area contributed by atoms with Crippen molar-refractivity contribution in [3.8, 4) is 5.75 Å². The Balaban J connectivity index is 0.994. The molecule has 4 N–H and O–H groups in total. The molecule has 12 atom stereocenters. The molecule has 9 heterocycles. The number of hydrogen-bond donors (Lipinski definition) is 4. The minimum atomic E-state index is 0.119. The van der Waals surface area contributed by atoms with Crippen molar-refractivity contribution in [1.29, 1.82) is 0 Å². The molecule has 3 saturated heterocycles. The molecule has 0 saturated carbocycles. The van der Waals surface area contributed by atoms with Crippen LogP contribution in [0.3, 0.4) is 0 Å². The van der Waals surface area contributed by atoms with Crippen molar-refractivity contribution >= 4 is 0 Å². The molecule has 9 heteroatoms. The van der Waals surface area contributed by atoms with Gasteiger partial charge in [0.15, 0.2) is 0 Å². The van der Waals surface area contributed by atoms with Crippen LogP contribution in [0.2, 0.25) is 0 Å². The lowest BCUT2D eigenvalue weighted by molar-refractivity contribution is 0.316. The Morgan fingerprint density at radius 3 is 1.27 bits per heavy atom. The van der Waals surface area contributed by atoms with Crippen LogP contribution in [0.5, 0.6) is 5.75 Å². The highest BCUT2D eigenvalue weighted by Gasteiger charge is 2.47. The number of fused-ring (bicyclic) bond motifs is 8. The van der Waals surface area contributed by atoms with E-state index in [0.29, 0.717) is 0 Å². The van der Waals surface area contributed by atoms with Gasteiger partial charge in [-0.15, -0.1) is 0 Å². The Bertz CT molecular complexity index is 2030. The van der Waals surface area contributed by atoms with Gasteiger partial charge >= 0.3 is 0 Å². The summed E-state index contributed by atoms with van der Waals surface area (Å²) in [5, 5.41) is 17.0. The van der Waals surface area contributed by atoms with E-state index in [2.05, 4.69) is 135 Å². The summed E-state index contributed by atoms with van der Waals surface area (Å²) in [6.07, 6.45) is 44.0. The molecule has 4 aromatic heterocycles. The van der Waals surface area contributed by atoms with Gasteiger partial charge in [-0.25, -0.2) is 0 Å². The van der Waals surface area contributed by atoms with Gasteiger partial charge in [-0.1, -0.05) is 114 Å². The molecule has 12 unspecified atom stereocenters. The fourth-order valence-electron chi connectivity index (χ4n) is 12.2. The van der Waals surface area contributed by atoms with Crippen LogP contribution in [0, 0.1) is 0 Å². The summed E-state index contributed by atoms with van der Waals surface area (Å²) in [6.45, 7) is 2.29. The van der Waals surface area contributed by atoms with Crippen LogP contribution in [0.4, 0.5) is 0 Å². The van der Waals surface area contributed by atoms with Crippen LogP contribution in [0.1, 0.15) is 155 Å². The first kappa shape index (κ1) is 43.9. The molecule has 0 aromatic carbocycles. The maximum Gasteiger partial charge on any atom is 0.140 e. The van der Waals surface area contributed by atoms with Gasteiger partial charge in [0.25, 0.3) is 0 Å². The predicted octanol–water partition coefficient (Wildman–Crippen LogP) is 9.61. The van der Waals surface area contributed by atoms with Gasteiger partial charge in [0.05, 0.1) is 12.8 Å². The van der Waals surface area contributed by atoms with Crippen molar-refractivity contribution in [3.05, 3.63) is 138 Å². The van der Waals surface area contributed by atoms with Crippen LogP contribution in [-0.2, 0) is 6.42 Å². The van der Waals surface area contributed by atoms with E-state index >= 15 is 0 Å². The molecule has 8 bridgehead atoms. The van der Waals surface area contributed by atoms with Crippen molar-refractivity contribution < 1.29 is 4.74 Å². The zero-order valence-corrected chi connectivity index (χ0v) is 37.8. The molecule has 9 nitrogen and oxygen atoms in total. The summed E-state index contributed by atoms with van der Waals surface area (Å²) in [4.78, 5) is 19.2. The minimum absolute atomic E-state index is 0.119. The highest BCUT2D eigenvalue weighted by molar-refractivity contribution is 5.39. The first-order chi connectivity index (χ1) is 31.2. The van der Waals surface area contributed by atoms with E-state index in [0.717, 1.165) is 50.0 Å². The normalized spacial score (nSPS) is 31.1. The largest absolute Gasteiger partial charge is 0.495 e. The van der Waals surface area contributed by atoms with Crippen molar-refractivity contribution in [2.75, 3.05) is 7.11 Å². The number of methoxy groups -OCH3 is 1. The van der Waals surface area contributed by atoms with Gasteiger partial charge in [0.2, 0.25) is 0 Å². The molecule has 0 spiro atoms. The molecule has 0 radical (unpaired) electrons. The summed E-state index contributed by atoms with van der Waals surface area (Å²) in [5.74, 6) is 1.75. The molecule has 9 rings (SSSR count). The first-order valence-electron chi connectivity index (χ1n) is 24.8. The molecule has 334 valence electrons. The smallest absolute Gasteiger partial charge is 0.140 e. The zero-order chi connectivity index (χ0) is 42.8. The number of nitrogens with zero attached hydrogens (tertiary/aromatic N) is 4. The number of nitrogens with one attached hydrogen (secondary N) is 4. The Kier molecular flexibility index (Phi) is 15.1. The van der Waals surface area contributed by atoms with Gasteiger partial charge in [-0.3, -0.25) is 19.9 Å². The molecule has 5 aliphatic rings. The number of ether oxygens (including phenoxy) is 1. The number of pyridine rings is 4. The number of hydrogen-bond acceptors (Lipinski definition) is 9. The SMILES string of the molecule is CCCCCCCCCCCCCc1ncc(C2C3C=CC(N3)C(c3cccnc3)C3CCC(N3)C(c3cccnc3)C3C=CC(N3)C(c3cccnc3)C3CCC2N3)cc1OC. The van der Waals surface area contributed by atoms with E-state index in [1.54, 1.807) is 0 Å². The van der Waals surface area contributed by atoms with Crippen molar-refractivity contribution in [3.63, 3.8) is 0 Å². The first-order valence-corrected chi connectivity index (χ1v) is 24.8. The minimum Gasteiger partial charge on any atom is -0.495 e. The second-order valence-corrected chi connectivity index (χ2v) is 19.3. The third-order valence-electron chi connectivity index (χ3n) is 15.3. The molecule has 3 fully saturated rings. The summed E-state index contributed by atoms with van der Waals surface area (Å²) >= 11 is 0. The Hall–Kier alpha value is -4.28. The van der Waals surface area contributed by atoms with E-state index in [1.807, 2.05) is 25.7 Å². The fourth-order valence-corrected chi connectivity index (χ4v) is 12.2. The topological polar surface area (TPSA) is 109 Å². The van der Waals surface area contributed by atoms with E-state index in [-0.39, 0.29) is 72.0 Å². The third kappa shape index (κ3) is 10.3. The van der Waals surface area contributed by atoms with Gasteiger partial charge in [0, 0.05) is 115 Å². The van der Waals surface area contributed by atoms with Crippen LogP contribution in [0.25, 0.3) is 0 Å². The second kappa shape index (κ2) is 21.6. The van der Waals surface area contributed by atoms with E-state index in [4.69, 9.17) is 9.72 Å². The van der Waals surface area contributed by atoms with Crippen molar-refractivity contribution in [2.45, 2.75) is 182 Å². The Labute approximate surface area is 377 Å². The molecule has 0 amide bonds. The summed E-state index contributed by atoms with van der Waals surface area (Å²) < 4.78 is 6.17. The quantitative estimate of drug-likeness (QED) is 0.0611. The molecule has 0 aliphatic carbocycles. The summed E-state index contributed by atoms with van der Waals surface area (Å²) in [7, 11) is 1.82. The average molecular weight is 849 g/mol. The van der Waals surface area contributed by atoms with Gasteiger partial charge in [-0.05, 0) is 85.0 Å². The average Bonchev–Trinajstić information content (AvgIpc) is 4.18. The van der Waals surface area contributed by atoms with Crippen LogP contribution in [0.15, 0.2) is 110 Å². The Morgan fingerprint density at radius 2 is 0.889 bits per heavy atom. The predicted molar refractivity (Wildman–Crippen MR) is 254 cm³/mol. The lowest BCUT2D eigenvalue weighted by atomic mass is 9.83. The Morgan fingerprint density at radius 1 is 0.492 bits per heavy atom. The van der Waals surface area contributed by atoms with Crippen molar-refractivity contribution in [2.24, 2.45) is 0 Å². The highest BCUT2D eigenvalue weighted by Crippen LogP contribution is 2.44. The maximum absolute atomic E-state index is 6.17. The van der Waals surface area contributed by atoms with E-state index < -0.39 is 0 Å². The van der Waals surface area contributed by atoms with Gasteiger partial charge in [-0.2, -0.15) is 0 Å². The number of aryl methyl sites for hydroxylation is 1. The van der Waals surface area contributed by atoms with Gasteiger partial charge < -0.3 is 26.0 Å².